The summed E-state index contributed by atoms with van der Waals surface area (Å²) in [5, 5.41) is 23.5. The van der Waals surface area contributed by atoms with E-state index in [1.165, 1.54) is 18.2 Å². The number of rotatable bonds is 4. The van der Waals surface area contributed by atoms with E-state index in [0.717, 1.165) is 16.8 Å². The number of Topliss-reactive ketones (excluding diaryl/α,β-unsaturated/α-hetero) is 1. The van der Waals surface area contributed by atoms with Crippen molar-refractivity contribution in [1.82, 2.24) is 0 Å². The number of aliphatic hydroxyl groups is 2. The van der Waals surface area contributed by atoms with Crippen LogP contribution in [0.1, 0.15) is 33.1 Å². The number of benzene rings is 2. The second-order valence-corrected chi connectivity index (χ2v) is 13.2. The highest BCUT2D eigenvalue weighted by Crippen LogP contribution is 2.72. The zero-order valence-electron chi connectivity index (χ0n) is 23.7. The third kappa shape index (κ3) is 3.34. The largest absolute Gasteiger partial charge is 0.390 e. The number of ketones is 2. The predicted octanol–water partition coefficient (Wildman–Crippen LogP) is 4.95. The van der Waals surface area contributed by atoms with Gasteiger partial charge in [-0.05, 0) is 73.1 Å². The van der Waals surface area contributed by atoms with Crippen molar-refractivity contribution in [3.63, 3.8) is 0 Å². The minimum absolute atomic E-state index is 0.0668. The highest BCUT2D eigenvalue weighted by Gasteiger charge is 2.79. The van der Waals surface area contributed by atoms with E-state index in [1.807, 2.05) is 61.5 Å². The molecule has 5 aliphatic rings. The first-order chi connectivity index (χ1) is 20.0. The standard InChI is InChI=1S/C34H35F2NO5/c1-31-13-12-24(39)15-27(31)28(35)16-26-25-14-22-18-37(23-10-8-21(9-11-23)20-6-4-3-5-7-20)42-34(22,30(41)19-38)32(25,2)17-29(40)33(26,31)36/h3-13,15,22,25-26,28-29,38,40H,14,16-19H2,1-2H3/t22-,25-,26-,28-,29-,31-,32-,33-,34-/m0/s1. The van der Waals surface area contributed by atoms with Gasteiger partial charge >= 0.3 is 0 Å². The molecule has 42 heavy (non-hydrogen) atoms. The average Bonchev–Trinajstić information content (AvgIpc) is 3.49. The molecule has 0 spiro atoms. The van der Waals surface area contributed by atoms with Crippen LogP contribution < -0.4 is 5.06 Å². The lowest BCUT2D eigenvalue weighted by Crippen LogP contribution is -2.70. The molecule has 3 saturated carbocycles. The summed E-state index contributed by atoms with van der Waals surface area (Å²) in [4.78, 5) is 32.4. The fourth-order valence-electron chi connectivity index (χ4n) is 9.47. The molecule has 8 heteroatoms. The van der Waals surface area contributed by atoms with Crippen LogP contribution in [0.2, 0.25) is 0 Å². The van der Waals surface area contributed by atoms with Crippen molar-refractivity contribution in [2.45, 2.75) is 56.7 Å². The van der Waals surface area contributed by atoms with E-state index in [4.69, 9.17) is 4.84 Å². The zero-order valence-corrected chi connectivity index (χ0v) is 23.7. The molecule has 9 atom stereocenters. The molecule has 4 aliphatic carbocycles. The molecule has 0 unspecified atom stereocenters. The molecular weight excluding hydrogens is 540 g/mol. The molecule has 0 aromatic heterocycles. The molecule has 2 aromatic rings. The Bertz CT molecular complexity index is 1510. The summed E-state index contributed by atoms with van der Waals surface area (Å²) in [6, 6.07) is 17.7. The summed E-state index contributed by atoms with van der Waals surface area (Å²) < 4.78 is 33.3. The fraction of sp³-hybridized carbons (Fsp3) is 0.471. The van der Waals surface area contributed by atoms with Gasteiger partial charge < -0.3 is 10.2 Å². The molecule has 0 radical (unpaired) electrons. The van der Waals surface area contributed by atoms with Crippen LogP contribution in [-0.4, -0.2) is 58.5 Å². The minimum atomic E-state index is -2.24. The van der Waals surface area contributed by atoms with E-state index in [1.54, 1.807) is 12.0 Å². The summed E-state index contributed by atoms with van der Waals surface area (Å²) in [6.45, 7) is 2.97. The Balaban J connectivity index is 1.26. The van der Waals surface area contributed by atoms with E-state index in [2.05, 4.69) is 0 Å². The van der Waals surface area contributed by atoms with Crippen LogP contribution >= 0.6 is 0 Å². The van der Waals surface area contributed by atoms with Gasteiger partial charge in [-0.3, -0.25) is 19.5 Å². The Morgan fingerprint density at radius 3 is 2.43 bits per heavy atom. The van der Waals surface area contributed by atoms with Crippen LogP contribution in [-0.2, 0) is 14.4 Å². The number of carbonyl (C=O) groups excluding carboxylic acids is 2. The van der Waals surface area contributed by atoms with E-state index in [-0.39, 0.29) is 18.4 Å². The topological polar surface area (TPSA) is 87.1 Å². The Morgan fingerprint density at radius 1 is 1.05 bits per heavy atom. The maximum absolute atomic E-state index is 17.5. The van der Waals surface area contributed by atoms with Crippen molar-refractivity contribution < 1.29 is 33.4 Å². The zero-order chi connectivity index (χ0) is 29.7. The summed E-state index contributed by atoms with van der Waals surface area (Å²) in [7, 11) is 0. The van der Waals surface area contributed by atoms with E-state index < -0.39 is 70.3 Å². The van der Waals surface area contributed by atoms with Crippen LogP contribution in [0, 0.1) is 28.6 Å². The maximum atomic E-state index is 17.5. The molecule has 4 fully saturated rings. The lowest BCUT2D eigenvalue weighted by Gasteiger charge is -2.63. The second kappa shape index (κ2) is 9.15. The van der Waals surface area contributed by atoms with Crippen molar-refractivity contribution in [2.75, 3.05) is 18.2 Å². The number of hydrogen-bond acceptors (Lipinski definition) is 6. The van der Waals surface area contributed by atoms with Crippen LogP contribution in [0.5, 0.6) is 0 Å². The summed E-state index contributed by atoms with van der Waals surface area (Å²) >= 11 is 0. The second-order valence-electron chi connectivity index (χ2n) is 13.2. The molecule has 1 aliphatic heterocycles. The summed E-state index contributed by atoms with van der Waals surface area (Å²) in [5.74, 6) is -2.71. The highest BCUT2D eigenvalue weighted by atomic mass is 19.1. The smallest absolute Gasteiger partial charge is 0.193 e. The first kappa shape index (κ1) is 27.6. The van der Waals surface area contributed by atoms with Crippen LogP contribution in [0.3, 0.4) is 0 Å². The van der Waals surface area contributed by atoms with Gasteiger partial charge in [0.25, 0.3) is 0 Å². The molecule has 1 heterocycles. The average molecular weight is 576 g/mol. The number of hydroxylamine groups is 1. The molecule has 0 bridgehead atoms. The predicted molar refractivity (Wildman–Crippen MR) is 153 cm³/mol. The molecule has 2 aromatic carbocycles. The number of nitrogens with zero attached hydrogens (tertiary/aromatic N) is 1. The van der Waals surface area contributed by atoms with E-state index >= 15 is 8.78 Å². The van der Waals surface area contributed by atoms with Crippen molar-refractivity contribution in [3.8, 4) is 11.1 Å². The first-order valence-corrected chi connectivity index (χ1v) is 14.7. The van der Waals surface area contributed by atoms with Gasteiger partial charge in [-0.25, -0.2) is 8.78 Å². The Kier molecular flexibility index (Phi) is 6.02. The molecular formula is C34H35F2NO5. The van der Waals surface area contributed by atoms with Crippen molar-refractivity contribution in [2.24, 2.45) is 28.6 Å². The van der Waals surface area contributed by atoms with Gasteiger partial charge in [0.05, 0.1) is 18.3 Å². The van der Waals surface area contributed by atoms with Gasteiger partial charge in [0.2, 0.25) is 0 Å². The van der Waals surface area contributed by atoms with Gasteiger partial charge in [-0.1, -0.05) is 55.5 Å². The molecule has 1 saturated heterocycles. The van der Waals surface area contributed by atoms with Crippen molar-refractivity contribution >= 4 is 17.3 Å². The maximum Gasteiger partial charge on any atom is 0.193 e. The number of allylic oxidation sites excluding steroid dienone is 4. The van der Waals surface area contributed by atoms with Crippen molar-refractivity contribution in [3.05, 3.63) is 78.4 Å². The number of aliphatic hydroxyl groups excluding tert-OH is 2. The number of anilines is 1. The number of halogens is 2. The number of hydrogen-bond donors (Lipinski definition) is 2. The monoisotopic (exact) mass is 575 g/mol. The lowest BCUT2D eigenvalue weighted by molar-refractivity contribution is -0.228. The molecule has 6 nitrogen and oxygen atoms in total. The van der Waals surface area contributed by atoms with Crippen LogP contribution in [0.25, 0.3) is 11.1 Å². The third-order valence-corrected chi connectivity index (χ3v) is 11.4. The Hall–Kier alpha value is -3.20. The van der Waals surface area contributed by atoms with Gasteiger partial charge in [0.1, 0.15) is 12.8 Å². The molecule has 7 rings (SSSR count). The van der Waals surface area contributed by atoms with E-state index in [9.17, 15) is 19.8 Å². The normalized spacial score (nSPS) is 42.0. The van der Waals surface area contributed by atoms with Gasteiger partial charge in [-0.2, -0.15) is 0 Å². The number of alkyl halides is 2. The van der Waals surface area contributed by atoms with Gasteiger partial charge in [-0.15, -0.1) is 0 Å². The summed E-state index contributed by atoms with van der Waals surface area (Å²) in [6.07, 6.45) is 0.820. The molecule has 220 valence electrons. The van der Waals surface area contributed by atoms with Crippen molar-refractivity contribution in [1.29, 1.82) is 0 Å². The summed E-state index contributed by atoms with van der Waals surface area (Å²) in [5.41, 5.74) is -3.40. The van der Waals surface area contributed by atoms with Crippen LogP contribution in [0.15, 0.2) is 78.4 Å². The first-order valence-electron chi connectivity index (χ1n) is 14.7. The molecule has 2 N–H and O–H groups in total. The number of fused-ring (bicyclic) bond motifs is 7. The Labute approximate surface area is 243 Å². The third-order valence-electron chi connectivity index (χ3n) is 11.4. The SMILES string of the molecule is C[C@]12C=CC(=O)C=C1[C@@H](F)C[C@H]1[C@@H]3C[C@H]4CN(c5ccc(-c6ccccc6)cc5)O[C@@]4(C(=O)CO)[C@@]3(C)C[C@H](O)[C@@]12F. The highest BCUT2D eigenvalue weighted by molar-refractivity contribution is 6.01. The van der Waals surface area contributed by atoms with Gasteiger partial charge in [0.15, 0.2) is 22.8 Å². The molecule has 0 amide bonds. The van der Waals surface area contributed by atoms with Crippen LogP contribution in [0.4, 0.5) is 14.5 Å². The fourth-order valence-corrected chi connectivity index (χ4v) is 9.47. The number of carbonyl (C=O) groups is 2. The minimum Gasteiger partial charge on any atom is -0.390 e. The van der Waals surface area contributed by atoms with Gasteiger partial charge in [0, 0.05) is 22.7 Å². The quantitative estimate of drug-likeness (QED) is 0.537. The Morgan fingerprint density at radius 2 is 1.74 bits per heavy atom. The van der Waals surface area contributed by atoms with E-state index in [0.29, 0.717) is 13.0 Å². The lowest BCUT2D eigenvalue weighted by atomic mass is 9.44.